The van der Waals surface area contributed by atoms with Gasteiger partial charge in [0.1, 0.15) is 0 Å². The smallest absolute Gasteiger partial charge is 0.0473 e. The molecule has 1 rings (SSSR count). The molecular formula is C18H33N3. The van der Waals surface area contributed by atoms with Crippen LogP contribution in [0.3, 0.4) is 0 Å². The minimum atomic E-state index is 0.322. The summed E-state index contributed by atoms with van der Waals surface area (Å²) in [7, 11) is 4.14. The molecule has 2 atom stereocenters. The highest BCUT2D eigenvalue weighted by molar-refractivity contribution is 5.46. The molecule has 0 saturated carbocycles. The van der Waals surface area contributed by atoms with Crippen molar-refractivity contribution in [2.24, 2.45) is 5.73 Å². The minimum absolute atomic E-state index is 0.322. The molecule has 1 aromatic carbocycles. The van der Waals surface area contributed by atoms with Crippen LogP contribution in [0.1, 0.15) is 51.6 Å². The molecule has 2 unspecified atom stereocenters. The zero-order valence-electron chi connectivity index (χ0n) is 14.5. The number of unbranched alkanes of at least 4 members (excludes halogenated alkanes) is 1. The predicted molar refractivity (Wildman–Crippen MR) is 93.9 cm³/mol. The molecule has 2 N–H and O–H groups in total. The first-order valence-corrected chi connectivity index (χ1v) is 8.28. The quantitative estimate of drug-likeness (QED) is 0.754. The van der Waals surface area contributed by atoms with Gasteiger partial charge in [0, 0.05) is 38.4 Å². The summed E-state index contributed by atoms with van der Waals surface area (Å²) < 4.78 is 0. The molecule has 0 aliphatic carbocycles. The lowest BCUT2D eigenvalue weighted by Crippen LogP contribution is -2.40. The Labute approximate surface area is 131 Å². The molecule has 120 valence electrons. The van der Waals surface area contributed by atoms with E-state index in [-0.39, 0.29) is 0 Å². The largest absolute Gasteiger partial charge is 0.378 e. The number of hydrogen-bond donors (Lipinski definition) is 1. The molecule has 0 saturated heterocycles. The van der Waals surface area contributed by atoms with Gasteiger partial charge in [-0.3, -0.25) is 4.90 Å². The minimum Gasteiger partial charge on any atom is -0.378 e. The average Bonchev–Trinajstić information content (AvgIpc) is 2.50. The van der Waals surface area contributed by atoms with Crippen LogP contribution in [0, 0.1) is 0 Å². The first kappa shape index (κ1) is 18.0. The van der Waals surface area contributed by atoms with E-state index < -0.39 is 0 Å². The molecule has 3 nitrogen and oxygen atoms in total. The van der Waals surface area contributed by atoms with Crippen molar-refractivity contribution >= 4 is 5.69 Å². The maximum Gasteiger partial charge on any atom is 0.0473 e. The summed E-state index contributed by atoms with van der Waals surface area (Å²) in [5.74, 6) is 0. The van der Waals surface area contributed by atoms with Gasteiger partial charge in [0.2, 0.25) is 0 Å². The number of nitrogens with zero attached hydrogens (tertiary/aromatic N) is 2. The standard InChI is InChI=1S/C18H33N3/c1-6-8-13-21(15(3)7-2)18(14-19)16-9-11-17(12-10-16)20(4)5/h9-12,15,18H,6-8,13-14,19H2,1-5H3. The maximum absolute atomic E-state index is 6.12. The van der Waals surface area contributed by atoms with Gasteiger partial charge in [-0.05, 0) is 44.0 Å². The van der Waals surface area contributed by atoms with Crippen LogP contribution in [0.5, 0.6) is 0 Å². The summed E-state index contributed by atoms with van der Waals surface area (Å²) in [4.78, 5) is 4.71. The fourth-order valence-corrected chi connectivity index (χ4v) is 2.72. The molecule has 0 bridgehead atoms. The van der Waals surface area contributed by atoms with E-state index in [4.69, 9.17) is 5.73 Å². The van der Waals surface area contributed by atoms with E-state index >= 15 is 0 Å². The van der Waals surface area contributed by atoms with Crippen molar-refractivity contribution < 1.29 is 0 Å². The molecule has 21 heavy (non-hydrogen) atoms. The average molecular weight is 291 g/mol. The summed E-state index contributed by atoms with van der Waals surface area (Å²) >= 11 is 0. The number of hydrogen-bond acceptors (Lipinski definition) is 3. The fraction of sp³-hybridized carbons (Fsp3) is 0.667. The van der Waals surface area contributed by atoms with Gasteiger partial charge in [-0.15, -0.1) is 0 Å². The third-order valence-corrected chi connectivity index (χ3v) is 4.34. The first-order chi connectivity index (χ1) is 10.0. The van der Waals surface area contributed by atoms with Crippen molar-refractivity contribution in [2.75, 3.05) is 32.1 Å². The van der Waals surface area contributed by atoms with Crippen molar-refractivity contribution in [3.63, 3.8) is 0 Å². The highest BCUT2D eigenvalue weighted by Crippen LogP contribution is 2.25. The molecule has 0 aromatic heterocycles. The van der Waals surface area contributed by atoms with Gasteiger partial charge in [-0.1, -0.05) is 32.4 Å². The van der Waals surface area contributed by atoms with Crippen LogP contribution in [-0.4, -0.2) is 38.1 Å². The van der Waals surface area contributed by atoms with Gasteiger partial charge < -0.3 is 10.6 Å². The zero-order valence-corrected chi connectivity index (χ0v) is 14.5. The van der Waals surface area contributed by atoms with Gasteiger partial charge in [-0.2, -0.15) is 0 Å². The van der Waals surface area contributed by atoms with Gasteiger partial charge in [-0.25, -0.2) is 0 Å². The second-order valence-corrected chi connectivity index (χ2v) is 6.09. The lowest BCUT2D eigenvalue weighted by atomic mass is 10.0. The fourth-order valence-electron chi connectivity index (χ4n) is 2.72. The molecule has 0 aliphatic rings. The molecule has 0 spiro atoms. The van der Waals surface area contributed by atoms with Gasteiger partial charge in [0.15, 0.2) is 0 Å². The second-order valence-electron chi connectivity index (χ2n) is 6.09. The Morgan fingerprint density at radius 2 is 1.71 bits per heavy atom. The molecule has 0 fully saturated rings. The van der Waals surface area contributed by atoms with Crippen LogP contribution in [0.4, 0.5) is 5.69 Å². The summed E-state index contributed by atoms with van der Waals surface area (Å²) in [6.07, 6.45) is 3.62. The van der Waals surface area contributed by atoms with Crippen LogP contribution in [0.2, 0.25) is 0 Å². The molecule has 0 amide bonds. The zero-order chi connectivity index (χ0) is 15.8. The molecule has 3 heteroatoms. The van der Waals surface area contributed by atoms with Crippen LogP contribution < -0.4 is 10.6 Å². The predicted octanol–water partition coefficient (Wildman–Crippen LogP) is 3.65. The van der Waals surface area contributed by atoms with Crippen LogP contribution in [0.15, 0.2) is 24.3 Å². The van der Waals surface area contributed by atoms with E-state index in [1.54, 1.807) is 0 Å². The van der Waals surface area contributed by atoms with Crippen molar-refractivity contribution in [1.82, 2.24) is 4.90 Å². The van der Waals surface area contributed by atoms with Gasteiger partial charge >= 0.3 is 0 Å². The topological polar surface area (TPSA) is 32.5 Å². The number of rotatable bonds is 9. The Morgan fingerprint density at radius 1 is 1.10 bits per heavy atom. The van der Waals surface area contributed by atoms with Crippen LogP contribution in [0.25, 0.3) is 0 Å². The summed E-state index contributed by atoms with van der Waals surface area (Å²) in [6.45, 7) is 8.62. The second kappa shape index (κ2) is 9.06. The lowest BCUT2D eigenvalue weighted by molar-refractivity contribution is 0.141. The summed E-state index contributed by atoms with van der Waals surface area (Å²) in [5, 5.41) is 0. The maximum atomic E-state index is 6.12. The highest BCUT2D eigenvalue weighted by Gasteiger charge is 2.22. The van der Waals surface area contributed by atoms with Crippen molar-refractivity contribution in [2.45, 2.75) is 52.1 Å². The van der Waals surface area contributed by atoms with Gasteiger partial charge in [0.05, 0.1) is 0 Å². The highest BCUT2D eigenvalue weighted by atomic mass is 15.2. The Balaban J connectivity index is 2.95. The number of benzene rings is 1. The van der Waals surface area contributed by atoms with Crippen molar-refractivity contribution in [3.05, 3.63) is 29.8 Å². The molecule has 0 radical (unpaired) electrons. The number of nitrogens with two attached hydrogens (primary N) is 1. The molecule has 0 heterocycles. The third-order valence-electron chi connectivity index (χ3n) is 4.34. The van der Waals surface area contributed by atoms with E-state index in [0.717, 1.165) is 13.0 Å². The Morgan fingerprint density at radius 3 is 2.14 bits per heavy atom. The van der Waals surface area contributed by atoms with E-state index in [1.165, 1.54) is 24.1 Å². The lowest BCUT2D eigenvalue weighted by Gasteiger charge is -2.36. The SMILES string of the molecule is CCCCN(C(C)CC)C(CN)c1ccc(N(C)C)cc1. The number of anilines is 1. The Bertz CT molecular complexity index is 386. The van der Waals surface area contributed by atoms with Crippen LogP contribution in [-0.2, 0) is 0 Å². The van der Waals surface area contributed by atoms with Crippen LogP contribution >= 0.6 is 0 Å². The van der Waals surface area contributed by atoms with E-state index in [9.17, 15) is 0 Å². The van der Waals surface area contributed by atoms with E-state index in [0.29, 0.717) is 18.6 Å². The first-order valence-electron chi connectivity index (χ1n) is 8.28. The Hall–Kier alpha value is -1.06. The van der Waals surface area contributed by atoms with Crippen molar-refractivity contribution in [3.8, 4) is 0 Å². The monoisotopic (exact) mass is 291 g/mol. The molecule has 1 aromatic rings. The normalized spacial score (nSPS) is 14.2. The van der Waals surface area contributed by atoms with Gasteiger partial charge in [0.25, 0.3) is 0 Å². The third kappa shape index (κ3) is 5.01. The molecule has 0 aliphatic heterocycles. The van der Waals surface area contributed by atoms with E-state index in [1.807, 2.05) is 0 Å². The van der Waals surface area contributed by atoms with E-state index in [2.05, 4.69) is 68.9 Å². The summed E-state index contributed by atoms with van der Waals surface area (Å²) in [5.41, 5.74) is 8.68. The van der Waals surface area contributed by atoms with Crippen molar-refractivity contribution in [1.29, 1.82) is 0 Å². The Kier molecular flexibility index (Phi) is 7.76. The summed E-state index contributed by atoms with van der Waals surface area (Å²) in [6, 6.07) is 9.73. The molecular weight excluding hydrogens is 258 g/mol.